The molecule has 3 heteroatoms. The minimum atomic E-state index is -0.666. The summed E-state index contributed by atoms with van der Waals surface area (Å²) in [4.78, 5) is 10.2. The van der Waals surface area contributed by atoms with Gasteiger partial charge in [0.05, 0.1) is 0 Å². The lowest BCUT2D eigenvalue weighted by Crippen LogP contribution is -2.21. The summed E-state index contributed by atoms with van der Waals surface area (Å²) in [6.45, 7) is 4.02. The van der Waals surface area contributed by atoms with Crippen LogP contribution in [0, 0.1) is 0 Å². The third kappa shape index (κ3) is 4.18. The molecular weight excluding hydrogens is 130 g/mol. The highest BCUT2D eigenvalue weighted by atomic mass is 16.6. The van der Waals surface area contributed by atoms with E-state index in [1.54, 1.807) is 0 Å². The molecule has 1 unspecified atom stereocenters. The molecule has 2 N–H and O–H groups in total. The van der Waals surface area contributed by atoms with E-state index in [1.165, 1.54) is 0 Å². The number of carbonyl (C=O) groups excluding carboxylic acids is 1. The van der Waals surface area contributed by atoms with E-state index in [0.717, 1.165) is 19.3 Å². The van der Waals surface area contributed by atoms with Gasteiger partial charge in [0.15, 0.2) is 0 Å². The first-order valence-corrected chi connectivity index (χ1v) is 3.66. The summed E-state index contributed by atoms with van der Waals surface area (Å²) in [5.41, 5.74) is 4.84. The van der Waals surface area contributed by atoms with E-state index < -0.39 is 6.09 Å². The molecule has 0 saturated carbocycles. The molecule has 10 heavy (non-hydrogen) atoms. The molecule has 60 valence electrons. The van der Waals surface area contributed by atoms with Crippen molar-refractivity contribution in [2.75, 3.05) is 0 Å². The summed E-state index contributed by atoms with van der Waals surface area (Å²) < 4.78 is 4.78. The highest BCUT2D eigenvalue weighted by Crippen LogP contribution is 2.05. The normalized spacial score (nSPS) is 12.6. The molecule has 0 saturated heterocycles. The standard InChI is InChI=1S/C7H15NO2/c1-3-5-6(4-2)10-7(8)9/h6H,3-5H2,1-2H3,(H2,8,9). The van der Waals surface area contributed by atoms with Gasteiger partial charge in [0.2, 0.25) is 0 Å². The highest BCUT2D eigenvalue weighted by molar-refractivity contribution is 5.64. The van der Waals surface area contributed by atoms with E-state index >= 15 is 0 Å². The number of hydrogen-bond acceptors (Lipinski definition) is 2. The third-order valence-corrected chi connectivity index (χ3v) is 1.35. The Bertz CT molecular complexity index is 104. The van der Waals surface area contributed by atoms with E-state index in [2.05, 4.69) is 0 Å². The largest absolute Gasteiger partial charge is 0.446 e. The fourth-order valence-electron chi connectivity index (χ4n) is 0.833. The first kappa shape index (κ1) is 9.27. The maximum Gasteiger partial charge on any atom is 0.404 e. The Labute approximate surface area is 61.5 Å². The molecule has 0 aromatic carbocycles. The zero-order chi connectivity index (χ0) is 7.98. The lowest BCUT2D eigenvalue weighted by atomic mass is 10.2. The summed E-state index contributed by atoms with van der Waals surface area (Å²) in [5, 5.41) is 0. The van der Waals surface area contributed by atoms with Crippen LogP contribution in [0.2, 0.25) is 0 Å². The van der Waals surface area contributed by atoms with E-state index in [4.69, 9.17) is 10.5 Å². The quantitative estimate of drug-likeness (QED) is 0.654. The first-order valence-electron chi connectivity index (χ1n) is 3.66. The molecule has 0 heterocycles. The van der Waals surface area contributed by atoms with Crippen molar-refractivity contribution in [1.82, 2.24) is 0 Å². The predicted octanol–water partition coefficient (Wildman–Crippen LogP) is 1.66. The van der Waals surface area contributed by atoms with Crippen LogP contribution in [0.3, 0.4) is 0 Å². The summed E-state index contributed by atoms with van der Waals surface area (Å²) in [7, 11) is 0. The van der Waals surface area contributed by atoms with Gasteiger partial charge in [-0.05, 0) is 12.8 Å². The summed E-state index contributed by atoms with van der Waals surface area (Å²) in [6.07, 6.45) is 2.12. The van der Waals surface area contributed by atoms with Gasteiger partial charge in [-0.1, -0.05) is 20.3 Å². The van der Waals surface area contributed by atoms with Crippen molar-refractivity contribution >= 4 is 6.09 Å². The zero-order valence-electron chi connectivity index (χ0n) is 6.59. The van der Waals surface area contributed by atoms with Gasteiger partial charge in [-0.2, -0.15) is 0 Å². The Morgan fingerprint density at radius 3 is 2.50 bits per heavy atom. The highest BCUT2D eigenvalue weighted by Gasteiger charge is 2.07. The number of ether oxygens (including phenoxy) is 1. The topological polar surface area (TPSA) is 52.3 Å². The molecule has 1 atom stereocenters. The molecule has 0 bridgehead atoms. The SMILES string of the molecule is CCCC(CC)OC(N)=O. The van der Waals surface area contributed by atoms with Gasteiger partial charge < -0.3 is 10.5 Å². The van der Waals surface area contributed by atoms with Crippen molar-refractivity contribution in [3.63, 3.8) is 0 Å². The van der Waals surface area contributed by atoms with E-state index in [9.17, 15) is 4.79 Å². The van der Waals surface area contributed by atoms with Crippen LogP contribution in [-0.4, -0.2) is 12.2 Å². The summed E-state index contributed by atoms with van der Waals surface area (Å²) in [6, 6.07) is 0. The second kappa shape index (κ2) is 5.09. The Balaban J connectivity index is 3.49. The average Bonchev–Trinajstić information content (AvgIpc) is 1.86. The molecule has 1 amide bonds. The number of nitrogens with two attached hydrogens (primary N) is 1. The van der Waals surface area contributed by atoms with Gasteiger partial charge in [-0.25, -0.2) is 4.79 Å². The van der Waals surface area contributed by atoms with Gasteiger partial charge in [0.25, 0.3) is 0 Å². The lowest BCUT2D eigenvalue weighted by molar-refractivity contribution is 0.0983. The van der Waals surface area contributed by atoms with Crippen LogP contribution in [0.1, 0.15) is 33.1 Å². The van der Waals surface area contributed by atoms with Gasteiger partial charge in [-0.15, -0.1) is 0 Å². The van der Waals surface area contributed by atoms with Crippen molar-refractivity contribution in [2.45, 2.75) is 39.2 Å². The van der Waals surface area contributed by atoms with Crippen LogP contribution in [-0.2, 0) is 4.74 Å². The molecule has 0 aliphatic carbocycles. The maximum atomic E-state index is 10.2. The fraction of sp³-hybridized carbons (Fsp3) is 0.857. The van der Waals surface area contributed by atoms with E-state index in [1.807, 2.05) is 13.8 Å². The van der Waals surface area contributed by atoms with Crippen molar-refractivity contribution in [3.05, 3.63) is 0 Å². The second-order valence-electron chi connectivity index (χ2n) is 2.26. The monoisotopic (exact) mass is 145 g/mol. The Morgan fingerprint density at radius 2 is 2.20 bits per heavy atom. The van der Waals surface area contributed by atoms with Crippen LogP contribution < -0.4 is 5.73 Å². The summed E-state index contributed by atoms with van der Waals surface area (Å²) in [5.74, 6) is 0. The number of rotatable bonds is 4. The Morgan fingerprint density at radius 1 is 1.60 bits per heavy atom. The maximum absolute atomic E-state index is 10.2. The zero-order valence-corrected chi connectivity index (χ0v) is 6.59. The van der Waals surface area contributed by atoms with E-state index in [0.29, 0.717) is 0 Å². The van der Waals surface area contributed by atoms with Crippen LogP contribution in [0.15, 0.2) is 0 Å². The fourth-order valence-corrected chi connectivity index (χ4v) is 0.833. The van der Waals surface area contributed by atoms with Crippen molar-refractivity contribution < 1.29 is 9.53 Å². The molecule has 0 fully saturated rings. The first-order chi connectivity index (χ1) is 4.70. The molecule has 0 rings (SSSR count). The van der Waals surface area contributed by atoms with Crippen LogP contribution >= 0.6 is 0 Å². The number of carbonyl (C=O) groups is 1. The Kier molecular flexibility index (Phi) is 4.72. The van der Waals surface area contributed by atoms with Crippen LogP contribution in [0.25, 0.3) is 0 Å². The molecular formula is C7H15NO2. The number of amides is 1. The van der Waals surface area contributed by atoms with E-state index in [-0.39, 0.29) is 6.10 Å². The van der Waals surface area contributed by atoms with Gasteiger partial charge in [0, 0.05) is 0 Å². The molecule has 3 nitrogen and oxygen atoms in total. The third-order valence-electron chi connectivity index (χ3n) is 1.35. The van der Waals surface area contributed by atoms with Crippen LogP contribution in [0.5, 0.6) is 0 Å². The van der Waals surface area contributed by atoms with Gasteiger partial charge in [0.1, 0.15) is 6.10 Å². The smallest absolute Gasteiger partial charge is 0.404 e. The molecule has 0 aliphatic rings. The minimum absolute atomic E-state index is 0.0162. The van der Waals surface area contributed by atoms with Gasteiger partial charge >= 0.3 is 6.09 Å². The minimum Gasteiger partial charge on any atom is -0.446 e. The summed E-state index contributed by atoms with van der Waals surface area (Å²) >= 11 is 0. The second-order valence-corrected chi connectivity index (χ2v) is 2.26. The van der Waals surface area contributed by atoms with Crippen LogP contribution in [0.4, 0.5) is 4.79 Å². The molecule has 0 aromatic rings. The predicted molar refractivity (Wildman–Crippen MR) is 39.7 cm³/mol. The van der Waals surface area contributed by atoms with Gasteiger partial charge in [-0.3, -0.25) is 0 Å². The van der Waals surface area contributed by atoms with Crippen molar-refractivity contribution in [1.29, 1.82) is 0 Å². The molecule has 0 spiro atoms. The Hall–Kier alpha value is -0.730. The average molecular weight is 145 g/mol. The van der Waals surface area contributed by atoms with Crippen molar-refractivity contribution in [2.24, 2.45) is 5.73 Å². The van der Waals surface area contributed by atoms with Crippen molar-refractivity contribution in [3.8, 4) is 0 Å². The lowest BCUT2D eigenvalue weighted by Gasteiger charge is -2.12. The molecule has 0 aromatic heterocycles. The number of primary amides is 1. The number of hydrogen-bond donors (Lipinski definition) is 1. The molecule has 0 radical (unpaired) electrons. The molecule has 0 aliphatic heterocycles.